The van der Waals surface area contributed by atoms with Gasteiger partial charge in [-0.05, 0) is 56.3 Å². The van der Waals surface area contributed by atoms with E-state index >= 15 is 0 Å². The average molecular weight is 446 g/mol. The van der Waals surface area contributed by atoms with E-state index in [1.807, 2.05) is 26.0 Å². The second-order valence-electron chi connectivity index (χ2n) is 6.89. The van der Waals surface area contributed by atoms with Gasteiger partial charge in [0.25, 0.3) is 10.0 Å². The lowest BCUT2D eigenvalue weighted by Crippen LogP contribution is -2.14. The minimum atomic E-state index is -3.91. The first-order chi connectivity index (χ1) is 15.4. The minimum absolute atomic E-state index is 0.0714. The largest absolute Gasteiger partial charge is 0.439 e. The van der Waals surface area contributed by atoms with Crippen molar-refractivity contribution in [2.24, 2.45) is 0 Å². The highest BCUT2D eigenvalue weighted by molar-refractivity contribution is 7.92. The molecule has 0 amide bonds. The van der Waals surface area contributed by atoms with Crippen LogP contribution in [0.2, 0.25) is 0 Å². The molecule has 0 radical (unpaired) electrons. The van der Waals surface area contributed by atoms with Crippen molar-refractivity contribution in [3.8, 4) is 23.5 Å². The molecule has 9 nitrogen and oxygen atoms in total. The second-order valence-corrected chi connectivity index (χ2v) is 8.54. The summed E-state index contributed by atoms with van der Waals surface area (Å²) in [5, 5.41) is 13.6. The van der Waals surface area contributed by atoms with E-state index in [0.29, 0.717) is 23.1 Å². The van der Waals surface area contributed by atoms with Crippen LogP contribution in [-0.2, 0) is 10.0 Å². The van der Waals surface area contributed by atoms with Crippen LogP contribution in [0.5, 0.6) is 11.6 Å². The number of nitriles is 1. The molecule has 4 aromatic rings. The van der Waals surface area contributed by atoms with E-state index in [1.54, 1.807) is 47.1 Å². The molecule has 32 heavy (non-hydrogen) atoms. The number of hydrogen-bond donors (Lipinski definition) is 1. The highest BCUT2D eigenvalue weighted by Gasteiger charge is 2.18. The van der Waals surface area contributed by atoms with Gasteiger partial charge in [0.2, 0.25) is 5.88 Å². The molecule has 2 aromatic carbocycles. The molecule has 0 aliphatic rings. The molecule has 2 heterocycles. The van der Waals surface area contributed by atoms with Crippen molar-refractivity contribution in [3.63, 3.8) is 0 Å². The molecule has 0 unspecified atom stereocenters. The Bertz CT molecular complexity index is 1420. The summed E-state index contributed by atoms with van der Waals surface area (Å²) in [6.07, 6.45) is 1.39. The molecule has 0 saturated heterocycles. The van der Waals surface area contributed by atoms with Crippen molar-refractivity contribution >= 4 is 15.7 Å². The van der Waals surface area contributed by atoms with Gasteiger partial charge >= 0.3 is 0 Å². The highest BCUT2D eigenvalue weighted by Crippen LogP contribution is 2.25. The minimum Gasteiger partial charge on any atom is -0.439 e. The first-order valence-electron chi connectivity index (χ1n) is 9.51. The fourth-order valence-electron chi connectivity index (χ4n) is 3.08. The van der Waals surface area contributed by atoms with Gasteiger partial charge in [-0.25, -0.2) is 23.1 Å². The van der Waals surface area contributed by atoms with E-state index in [1.165, 1.54) is 18.5 Å². The van der Waals surface area contributed by atoms with Crippen molar-refractivity contribution in [2.75, 3.05) is 4.72 Å². The fraction of sp³-hybridized carbons (Fsp3) is 0.0909. The summed E-state index contributed by atoms with van der Waals surface area (Å²) in [5.74, 6) is 1.35. The maximum atomic E-state index is 12.6. The second kappa shape index (κ2) is 8.49. The summed E-state index contributed by atoms with van der Waals surface area (Å²) in [5.41, 5.74) is 2.21. The van der Waals surface area contributed by atoms with Crippen molar-refractivity contribution in [2.45, 2.75) is 18.7 Å². The maximum Gasteiger partial charge on any atom is 0.263 e. The maximum absolute atomic E-state index is 12.6. The first-order valence-corrected chi connectivity index (χ1v) is 11.0. The Labute approximate surface area is 185 Å². The fourth-order valence-corrected chi connectivity index (χ4v) is 4.29. The number of anilines is 1. The van der Waals surface area contributed by atoms with Gasteiger partial charge < -0.3 is 4.74 Å². The lowest BCUT2D eigenvalue weighted by atomic mass is 10.2. The van der Waals surface area contributed by atoms with Crippen LogP contribution < -0.4 is 9.46 Å². The molecule has 0 saturated carbocycles. The number of nitrogens with zero attached hydrogens (tertiary/aromatic N) is 5. The van der Waals surface area contributed by atoms with Crippen LogP contribution in [0.25, 0.3) is 5.82 Å². The van der Waals surface area contributed by atoms with Gasteiger partial charge in [-0.1, -0.05) is 12.1 Å². The van der Waals surface area contributed by atoms with Crippen LogP contribution in [0.15, 0.2) is 71.9 Å². The van der Waals surface area contributed by atoms with Crippen LogP contribution in [0.4, 0.5) is 5.69 Å². The number of ether oxygens (including phenoxy) is 1. The molecular weight excluding hydrogens is 428 g/mol. The van der Waals surface area contributed by atoms with Crippen molar-refractivity contribution < 1.29 is 13.2 Å². The number of nitrogens with one attached hydrogen (secondary N) is 1. The van der Waals surface area contributed by atoms with E-state index in [9.17, 15) is 8.42 Å². The van der Waals surface area contributed by atoms with E-state index in [0.717, 1.165) is 11.4 Å². The van der Waals surface area contributed by atoms with Gasteiger partial charge in [0.05, 0.1) is 11.3 Å². The van der Waals surface area contributed by atoms with E-state index in [-0.39, 0.29) is 10.5 Å². The lowest BCUT2D eigenvalue weighted by Gasteiger charge is -2.10. The quantitative estimate of drug-likeness (QED) is 0.478. The number of benzene rings is 2. The third kappa shape index (κ3) is 4.43. The van der Waals surface area contributed by atoms with Crippen LogP contribution in [0.3, 0.4) is 0 Å². The lowest BCUT2D eigenvalue weighted by molar-refractivity contribution is 0.460. The molecule has 4 rings (SSSR count). The van der Waals surface area contributed by atoms with Crippen LogP contribution in [0, 0.1) is 25.2 Å². The third-order valence-electron chi connectivity index (χ3n) is 4.48. The number of aromatic nitrogens is 4. The molecule has 0 atom stereocenters. The standard InChI is InChI=1S/C22H18N6O3S/c1-15-11-16(2)28(26-15)21-12-22(25-14-24-21)31-19-9-7-18(8-10-19)27-32(29,30)20-6-4-3-5-17(20)13-23/h3-12,14,27H,1-2H3. The molecule has 0 bridgehead atoms. The molecule has 0 aliphatic heterocycles. The smallest absolute Gasteiger partial charge is 0.263 e. The Hall–Kier alpha value is -4.23. The zero-order valence-electron chi connectivity index (χ0n) is 17.2. The molecule has 0 spiro atoms. The summed E-state index contributed by atoms with van der Waals surface area (Å²) in [6.45, 7) is 3.83. The van der Waals surface area contributed by atoms with Gasteiger partial charge in [0.15, 0.2) is 5.82 Å². The molecule has 0 aliphatic carbocycles. The predicted octanol–water partition coefficient (Wildman–Crippen LogP) is 3.74. The number of aryl methyl sites for hydroxylation is 2. The number of sulfonamides is 1. The molecule has 2 aromatic heterocycles. The zero-order valence-corrected chi connectivity index (χ0v) is 18.0. The Morgan fingerprint density at radius 2 is 1.78 bits per heavy atom. The Kier molecular flexibility index (Phi) is 5.57. The van der Waals surface area contributed by atoms with E-state index in [2.05, 4.69) is 19.8 Å². The van der Waals surface area contributed by atoms with E-state index < -0.39 is 10.0 Å². The van der Waals surface area contributed by atoms with Gasteiger partial charge in [-0.3, -0.25) is 4.72 Å². The number of rotatable bonds is 6. The number of hydrogen-bond acceptors (Lipinski definition) is 7. The zero-order chi connectivity index (χ0) is 22.7. The van der Waals surface area contributed by atoms with Gasteiger partial charge in [0, 0.05) is 17.4 Å². The van der Waals surface area contributed by atoms with Gasteiger partial charge in [-0.15, -0.1) is 0 Å². The summed E-state index contributed by atoms with van der Waals surface area (Å²) in [4.78, 5) is 8.27. The molecule has 10 heteroatoms. The molecule has 160 valence electrons. The monoisotopic (exact) mass is 446 g/mol. The summed E-state index contributed by atoms with van der Waals surface area (Å²) in [6, 6.07) is 17.8. The third-order valence-corrected chi connectivity index (χ3v) is 5.92. The normalized spacial score (nSPS) is 11.0. The Morgan fingerprint density at radius 3 is 2.47 bits per heavy atom. The highest BCUT2D eigenvalue weighted by atomic mass is 32.2. The SMILES string of the molecule is Cc1cc(C)n(-c2cc(Oc3ccc(NS(=O)(=O)c4ccccc4C#N)cc3)ncn2)n1. The topological polar surface area (TPSA) is 123 Å². The van der Waals surface area contributed by atoms with Crippen LogP contribution >= 0.6 is 0 Å². The van der Waals surface area contributed by atoms with E-state index in [4.69, 9.17) is 10.00 Å². The summed E-state index contributed by atoms with van der Waals surface area (Å²) in [7, 11) is -3.91. The predicted molar refractivity (Wildman–Crippen MR) is 117 cm³/mol. The summed E-state index contributed by atoms with van der Waals surface area (Å²) >= 11 is 0. The molecule has 1 N–H and O–H groups in total. The molecule has 0 fully saturated rings. The van der Waals surface area contributed by atoms with Crippen LogP contribution in [-0.4, -0.2) is 28.2 Å². The molecular formula is C22H18N6O3S. The average Bonchev–Trinajstić information content (AvgIpc) is 3.13. The Morgan fingerprint density at radius 1 is 1.03 bits per heavy atom. The van der Waals surface area contributed by atoms with Gasteiger partial charge in [-0.2, -0.15) is 10.4 Å². The van der Waals surface area contributed by atoms with Crippen molar-refractivity contribution in [1.29, 1.82) is 5.26 Å². The first kappa shape index (κ1) is 21.0. The van der Waals surface area contributed by atoms with Crippen molar-refractivity contribution in [1.82, 2.24) is 19.7 Å². The van der Waals surface area contributed by atoms with Crippen molar-refractivity contribution in [3.05, 3.63) is 83.9 Å². The Balaban J connectivity index is 1.51. The van der Waals surface area contributed by atoms with Gasteiger partial charge in [0.1, 0.15) is 23.0 Å². The van der Waals surface area contributed by atoms with Crippen LogP contribution in [0.1, 0.15) is 17.0 Å². The summed E-state index contributed by atoms with van der Waals surface area (Å²) < 4.78 is 35.2.